The molecule has 14 heavy (non-hydrogen) atoms. The summed E-state index contributed by atoms with van der Waals surface area (Å²) >= 11 is 3.44. The molecule has 1 N–H and O–H groups in total. The molecule has 0 aliphatic heterocycles. The second-order valence-electron chi connectivity index (χ2n) is 3.74. The van der Waals surface area contributed by atoms with Crippen molar-refractivity contribution >= 4 is 15.9 Å². The summed E-state index contributed by atoms with van der Waals surface area (Å²) < 4.78 is 1.15. The Morgan fingerprint density at radius 1 is 1.29 bits per heavy atom. The Balaban J connectivity index is 2.39. The van der Waals surface area contributed by atoms with Gasteiger partial charge in [-0.25, -0.2) is 0 Å². The highest BCUT2D eigenvalue weighted by Crippen LogP contribution is 2.13. The third-order valence-electron chi connectivity index (χ3n) is 2.24. The Morgan fingerprint density at radius 2 is 1.93 bits per heavy atom. The smallest absolute Gasteiger partial charge is 0.0175 e. The predicted molar refractivity (Wildman–Crippen MR) is 65.6 cm³/mol. The second kappa shape index (κ2) is 6.20. The van der Waals surface area contributed by atoms with Crippen molar-refractivity contribution in [3.8, 4) is 0 Å². The normalized spacial score (nSPS) is 12.8. The highest BCUT2D eigenvalue weighted by atomic mass is 79.9. The number of benzene rings is 1. The standard InChI is InChI=1S/C12H18BrN/c1-3-14-9-10(2)8-11-4-6-12(13)7-5-11/h4-7,10,14H,3,8-9H2,1-2H3. The third-order valence-corrected chi connectivity index (χ3v) is 2.77. The number of halogens is 1. The molecule has 0 bridgehead atoms. The summed E-state index contributed by atoms with van der Waals surface area (Å²) in [7, 11) is 0. The average Bonchev–Trinajstić information content (AvgIpc) is 2.18. The Kier molecular flexibility index (Phi) is 5.20. The number of hydrogen-bond acceptors (Lipinski definition) is 1. The van der Waals surface area contributed by atoms with E-state index in [-0.39, 0.29) is 0 Å². The van der Waals surface area contributed by atoms with E-state index >= 15 is 0 Å². The molecule has 0 heterocycles. The van der Waals surface area contributed by atoms with Gasteiger partial charge in [-0.05, 0) is 43.1 Å². The van der Waals surface area contributed by atoms with Crippen LogP contribution in [0.15, 0.2) is 28.7 Å². The first kappa shape index (κ1) is 11.7. The fourth-order valence-corrected chi connectivity index (χ4v) is 1.75. The van der Waals surface area contributed by atoms with E-state index < -0.39 is 0 Å². The molecule has 0 amide bonds. The van der Waals surface area contributed by atoms with Gasteiger partial charge in [-0.3, -0.25) is 0 Å². The largest absolute Gasteiger partial charge is 0.317 e. The topological polar surface area (TPSA) is 12.0 Å². The summed E-state index contributed by atoms with van der Waals surface area (Å²) in [5.74, 6) is 0.705. The molecule has 0 aliphatic rings. The summed E-state index contributed by atoms with van der Waals surface area (Å²) in [6.45, 7) is 6.59. The van der Waals surface area contributed by atoms with Crippen LogP contribution in [-0.2, 0) is 6.42 Å². The fourth-order valence-electron chi connectivity index (χ4n) is 1.49. The average molecular weight is 256 g/mol. The molecule has 1 unspecified atom stereocenters. The molecule has 1 aromatic rings. The van der Waals surface area contributed by atoms with Crippen LogP contribution < -0.4 is 5.32 Å². The van der Waals surface area contributed by atoms with Crippen molar-refractivity contribution in [3.05, 3.63) is 34.3 Å². The molecule has 0 fully saturated rings. The van der Waals surface area contributed by atoms with Crippen molar-refractivity contribution < 1.29 is 0 Å². The molecule has 0 spiro atoms. The van der Waals surface area contributed by atoms with Crippen LogP contribution in [0.3, 0.4) is 0 Å². The lowest BCUT2D eigenvalue weighted by Gasteiger charge is -2.11. The molecule has 0 saturated heterocycles. The minimum atomic E-state index is 0.705. The van der Waals surface area contributed by atoms with Gasteiger partial charge in [-0.1, -0.05) is 41.9 Å². The minimum absolute atomic E-state index is 0.705. The van der Waals surface area contributed by atoms with E-state index in [0.717, 1.165) is 24.0 Å². The van der Waals surface area contributed by atoms with Gasteiger partial charge in [-0.2, -0.15) is 0 Å². The van der Waals surface area contributed by atoms with Crippen LogP contribution in [0.4, 0.5) is 0 Å². The van der Waals surface area contributed by atoms with Gasteiger partial charge in [0.15, 0.2) is 0 Å². The molecule has 1 rings (SSSR count). The zero-order valence-electron chi connectivity index (χ0n) is 8.89. The molecule has 78 valence electrons. The van der Waals surface area contributed by atoms with Gasteiger partial charge in [0.25, 0.3) is 0 Å². The van der Waals surface area contributed by atoms with Crippen LogP contribution in [0.2, 0.25) is 0 Å². The minimum Gasteiger partial charge on any atom is -0.317 e. The summed E-state index contributed by atoms with van der Waals surface area (Å²) in [6.07, 6.45) is 1.15. The first-order chi connectivity index (χ1) is 6.72. The number of nitrogens with one attached hydrogen (secondary N) is 1. The summed E-state index contributed by atoms with van der Waals surface area (Å²) in [5.41, 5.74) is 1.42. The number of rotatable bonds is 5. The van der Waals surface area contributed by atoms with Crippen LogP contribution in [0.5, 0.6) is 0 Å². The molecule has 0 aliphatic carbocycles. The summed E-state index contributed by atoms with van der Waals surface area (Å²) in [4.78, 5) is 0. The van der Waals surface area contributed by atoms with Crippen LogP contribution in [-0.4, -0.2) is 13.1 Å². The molecule has 1 aromatic carbocycles. The Labute approximate surface area is 95.0 Å². The van der Waals surface area contributed by atoms with Crippen molar-refractivity contribution in [1.29, 1.82) is 0 Å². The van der Waals surface area contributed by atoms with Gasteiger partial charge in [0, 0.05) is 4.47 Å². The van der Waals surface area contributed by atoms with Crippen molar-refractivity contribution in [1.82, 2.24) is 5.32 Å². The molecule has 1 nitrogen and oxygen atoms in total. The Morgan fingerprint density at radius 3 is 2.50 bits per heavy atom. The van der Waals surface area contributed by atoms with E-state index in [2.05, 4.69) is 59.4 Å². The molecular weight excluding hydrogens is 238 g/mol. The molecule has 1 atom stereocenters. The van der Waals surface area contributed by atoms with Crippen LogP contribution in [0, 0.1) is 5.92 Å². The van der Waals surface area contributed by atoms with Crippen molar-refractivity contribution in [2.45, 2.75) is 20.3 Å². The monoisotopic (exact) mass is 255 g/mol. The van der Waals surface area contributed by atoms with Gasteiger partial charge in [0.1, 0.15) is 0 Å². The van der Waals surface area contributed by atoms with Gasteiger partial charge >= 0.3 is 0 Å². The SMILES string of the molecule is CCNCC(C)Cc1ccc(Br)cc1. The highest BCUT2D eigenvalue weighted by Gasteiger charge is 2.02. The van der Waals surface area contributed by atoms with E-state index in [9.17, 15) is 0 Å². The zero-order valence-corrected chi connectivity index (χ0v) is 10.5. The number of hydrogen-bond donors (Lipinski definition) is 1. The Hall–Kier alpha value is -0.340. The quantitative estimate of drug-likeness (QED) is 0.852. The van der Waals surface area contributed by atoms with E-state index in [1.165, 1.54) is 5.56 Å². The maximum atomic E-state index is 3.44. The Bertz CT molecular complexity index is 256. The van der Waals surface area contributed by atoms with Crippen LogP contribution >= 0.6 is 15.9 Å². The lowest BCUT2D eigenvalue weighted by molar-refractivity contribution is 0.521. The van der Waals surface area contributed by atoms with Crippen molar-refractivity contribution in [2.75, 3.05) is 13.1 Å². The van der Waals surface area contributed by atoms with Crippen molar-refractivity contribution in [2.24, 2.45) is 5.92 Å². The molecule has 0 aromatic heterocycles. The van der Waals surface area contributed by atoms with Crippen LogP contribution in [0.25, 0.3) is 0 Å². The van der Waals surface area contributed by atoms with E-state index in [4.69, 9.17) is 0 Å². The molecular formula is C12H18BrN. The molecule has 2 heteroatoms. The maximum Gasteiger partial charge on any atom is 0.0175 e. The van der Waals surface area contributed by atoms with Gasteiger partial charge in [0.05, 0.1) is 0 Å². The van der Waals surface area contributed by atoms with Gasteiger partial charge in [0.2, 0.25) is 0 Å². The fraction of sp³-hybridized carbons (Fsp3) is 0.500. The lowest BCUT2D eigenvalue weighted by atomic mass is 10.0. The summed E-state index contributed by atoms with van der Waals surface area (Å²) in [5, 5.41) is 3.37. The zero-order chi connectivity index (χ0) is 10.4. The van der Waals surface area contributed by atoms with E-state index in [0.29, 0.717) is 5.92 Å². The second-order valence-corrected chi connectivity index (χ2v) is 4.66. The maximum absolute atomic E-state index is 3.44. The third kappa shape index (κ3) is 4.25. The first-order valence-electron chi connectivity index (χ1n) is 5.17. The highest BCUT2D eigenvalue weighted by molar-refractivity contribution is 9.10. The molecule has 0 radical (unpaired) electrons. The van der Waals surface area contributed by atoms with E-state index in [1.807, 2.05) is 0 Å². The van der Waals surface area contributed by atoms with Gasteiger partial charge < -0.3 is 5.32 Å². The molecule has 0 saturated carbocycles. The first-order valence-corrected chi connectivity index (χ1v) is 5.96. The summed E-state index contributed by atoms with van der Waals surface area (Å²) in [6, 6.07) is 8.59. The predicted octanol–water partition coefficient (Wildman–Crippen LogP) is 3.24. The van der Waals surface area contributed by atoms with Gasteiger partial charge in [-0.15, -0.1) is 0 Å². The lowest BCUT2D eigenvalue weighted by Crippen LogP contribution is -2.21. The van der Waals surface area contributed by atoms with Crippen molar-refractivity contribution in [3.63, 3.8) is 0 Å². The van der Waals surface area contributed by atoms with E-state index in [1.54, 1.807) is 0 Å². The van der Waals surface area contributed by atoms with Crippen LogP contribution in [0.1, 0.15) is 19.4 Å².